The van der Waals surface area contributed by atoms with Gasteiger partial charge in [-0.2, -0.15) is 0 Å². The lowest BCUT2D eigenvalue weighted by Crippen LogP contribution is -1.84. The standard InChI is InChI=1S/C2H6N2.2H3O3P/c1-4-2-3;2*1-4(2)3/h2H,1H3,(H2,3,4);2*4H,(H2,1,2,3). The molecule has 0 aliphatic heterocycles. The van der Waals surface area contributed by atoms with Crippen LogP contribution in [0.2, 0.25) is 0 Å². The van der Waals surface area contributed by atoms with Gasteiger partial charge in [0.1, 0.15) is 0 Å². The van der Waals surface area contributed by atoms with Crippen LogP contribution in [0.3, 0.4) is 0 Å². The van der Waals surface area contributed by atoms with Crippen molar-refractivity contribution in [3.8, 4) is 0 Å². The molecule has 0 heterocycles. The van der Waals surface area contributed by atoms with Crippen molar-refractivity contribution in [3.05, 3.63) is 0 Å². The van der Waals surface area contributed by atoms with E-state index in [0.717, 1.165) is 0 Å². The van der Waals surface area contributed by atoms with Crippen molar-refractivity contribution in [3.63, 3.8) is 0 Å². The van der Waals surface area contributed by atoms with Crippen LogP contribution in [0, 0.1) is 0 Å². The molecule has 12 heavy (non-hydrogen) atoms. The third-order valence-electron chi connectivity index (χ3n) is 0.149. The van der Waals surface area contributed by atoms with E-state index in [1.54, 1.807) is 7.05 Å². The molecule has 0 amide bonds. The van der Waals surface area contributed by atoms with Crippen molar-refractivity contribution >= 4 is 22.8 Å². The van der Waals surface area contributed by atoms with Gasteiger partial charge in [0.05, 0.1) is 6.34 Å². The Morgan fingerprint density at radius 3 is 1.25 bits per heavy atom. The Morgan fingerprint density at radius 1 is 1.17 bits per heavy atom. The molecular weight excluding hydrogens is 210 g/mol. The fraction of sp³-hybridized carbons (Fsp3) is 0.500. The molecular formula is C2H12N2O6P2. The van der Waals surface area contributed by atoms with Crippen LogP contribution in [0.5, 0.6) is 0 Å². The molecule has 10 heteroatoms. The molecule has 0 bridgehead atoms. The summed E-state index contributed by atoms with van der Waals surface area (Å²) in [7, 11) is -4.63. The molecule has 0 rings (SSSR count). The first-order chi connectivity index (χ1) is 5.38. The lowest BCUT2D eigenvalue weighted by Gasteiger charge is -1.61. The second-order valence-electron chi connectivity index (χ2n) is 0.972. The Hall–Kier alpha value is -0.230. The zero-order valence-corrected chi connectivity index (χ0v) is 8.21. The first kappa shape index (κ1) is 17.8. The molecule has 0 saturated carbocycles. The van der Waals surface area contributed by atoms with Gasteiger partial charge in [0.15, 0.2) is 0 Å². The lowest BCUT2D eigenvalue weighted by atomic mass is 11.3. The lowest BCUT2D eigenvalue weighted by molar-refractivity contribution is 0.403. The number of hydrogen-bond donors (Lipinski definition) is 5. The summed E-state index contributed by atoms with van der Waals surface area (Å²) >= 11 is 0. The van der Waals surface area contributed by atoms with Gasteiger partial charge in [-0.1, -0.05) is 0 Å². The van der Waals surface area contributed by atoms with Crippen LogP contribution in [-0.2, 0) is 9.13 Å². The smallest absolute Gasteiger partial charge is 0.314 e. The summed E-state index contributed by atoms with van der Waals surface area (Å²) in [4.78, 5) is 32.0. The van der Waals surface area contributed by atoms with Gasteiger partial charge in [0, 0.05) is 7.05 Å². The van der Waals surface area contributed by atoms with Crippen molar-refractivity contribution < 1.29 is 28.7 Å². The molecule has 0 aromatic rings. The van der Waals surface area contributed by atoms with E-state index in [1.165, 1.54) is 6.34 Å². The van der Waals surface area contributed by atoms with Gasteiger partial charge in [-0.25, -0.2) is 0 Å². The molecule has 0 unspecified atom stereocenters. The molecule has 0 aromatic carbocycles. The normalized spacial score (nSPS) is 8.92. The Morgan fingerprint density at radius 2 is 1.25 bits per heavy atom. The minimum absolute atomic E-state index is 1.25. The Kier molecular flexibility index (Phi) is 25.2. The van der Waals surface area contributed by atoms with Crippen LogP contribution >= 0.6 is 16.5 Å². The summed E-state index contributed by atoms with van der Waals surface area (Å²) in [5, 5.41) is 0. The first-order valence-electron chi connectivity index (χ1n) is 2.34. The highest BCUT2D eigenvalue weighted by Gasteiger charge is 1.62. The van der Waals surface area contributed by atoms with Gasteiger partial charge in [-0.05, 0) is 0 Å². The fourth-order valence-electron chi connectivity index (χ4n) is 0. The molecule has 0 spiro atoms. The maximum Gasteiger partial charge on any atom is 0.314 e. The Bertz CT molecular complexity index is 124. The average molecular weight is 222 g/mol. The predicted octanol–water partition coefficient (Wildman–Crippen LogP) is -1.68. The van der Waals surface area contributed by atoms with E-state index >= 15 is 0 Å². The quantitative estimate of drug-likeness (QED) is 0.186. The van der Waals surface area contributed by atoms with Crippen LogP contribution in [0.4, 0.5) is 0 Å². The fourth-order valence-corrected chi connectivity index (χ4v) is 0. The second kappa shape index (κ2) is 17.0. The van der Waals surface area contributed by atoms with Gasteiger partial charge >= 0.3 is 16.5 Å². The van der Waals surface area contributed by atoms with Crippen LogP contribution in [0.1, 0.15) is 0 Å². The van der Waals surface area contributed by atoms with E-state index in [2.05, 4.69) is 4.99 Å². The van der Waals surface area contributed by atoms with Crippen molar-refractivity contribution in [2.75, 3.05) is 7.05 Å². The largest absolute Gasteiger partial charge is 0.390 e. The molecule has 0 radical (unpaired) electrons. The van der Waals surface area contributed by atoms with Crippen LogP contribution in [-0.4, -0.2) is 33.0 Å². The maximum absolute atomic E-state index is 8.74. The molecule has 76 valence electrons. The second-order valence-corrected chi connectivity index (χ2v) is 2.10. The number of nitrogens with two attached hydrogens (primary N) is 1. The highest BCUT2D eigenvalue weighted by molar-refractivity contribution is 7.31. The zero-order chi connectivity index (χ0) is 10.6. The predicted molar refractivity (Wildman–Crippen MR) is 45.5 cm³/mol. The third-order valence-corrected chi connectivity index (χ3v) is 0.149. The Balaban J connectivity index is -0.000000101. The summed E-state index contributed by atoms with van der Waals surface area (Å²) in [6.07, 6.45) is 1.25. The SMILES string of the molecule is C/N=C\N.O=[PH](O)O.O=[PH](O)O. The molecule has 0 saturated heterocycles. The summed E-state index contributed by atoms with van der Waals surface area (Å²) in [5.74, 6) is 0. The maximum atomic E-state index is 8.74. The molecule has 6 N–H and O–H groups in total. The van der Waals surface area contributed by atoms with Gasteiger partial charge in [0.2, 0.25) is 0 Å². The van der Waals surface area contributed by atoms with Crippen molar-refractivity contribution in [2.24, 2.45) is 10.7 Å². The third kappa shape index (κ3) is 1270. The van der Waals surface area contributed by atoms with Crippen molar-refractivity contribution in [1.82, 2.24) is 0 Å². The number of hydrogen-bond acceptors (Lipinski definition) is 3. The summed E-state index contributed by atoms with van der Waals surface area (Å²) in [5.41, 5.74) is 4.74. The van der Waals surface area contributed by atoms with Gasteiger partial charge in [-0.3, -0.25) is 14.1 Å². The van der Waals surface area contributed by atoms with Crippen LogP contribution in [0.15, 0.2) is 4.99 Å². The average Bonchev–Trinajstić information content (AvgIpc) is 1.85. The molecule has 0 fully saturated rings. The van der Waals surface area contributed by atoms with E-state index in [-0.39, 0.29) is 0 Å². The van der Waals surface area contributed by atoms with E-state index in [4.69, 9.17) is 34.4 Å². The minimum atomic E-state index is -3.13. The van der Waals surface area contributed by atoms with E-state index in [0.29, 0.717) is 0 Å². The van der Waals surface area contributed by atoms with Crippen LogP contribution in [0.25, 0.3) is 0 Å². The van der Waals surface area contributed by atoms with Crippen molar-refractivity contribution in [1.29, 1.82) is 0 Å². The van der Waals surface area contributed by atoms with Crippen molar-refractivity contribution in [2.45, 2.75) is 0 Å². The summed E-state index contributed by atoms with van der Waals surface area (Å²) in [6.45, 7) is 0. The molecule has 0 aliphatic rings. The van der Waals surface area contributed by atoms with Crippen LogP contribution < -0.4 is 5.73 Å². The molecule has 0 atom stereocenters. The highest BCUT2D eigenvalue weighted by atomic mass is 31.1. The van der Waals surface area contributed by atoms with E-state index in [1.807, 2.05) is 0 Å². The molecule has 0 aromatic heterocycles. The minimum Gasteiger partial charge on any atom is -0.390 e. The number of rotatable bonds is 0. The van der Waals surface area contributed by atoms with E-state index < -0.39 is 16.5 Å². The summed E-state index contributed by atoms with van der Waals surface area (Å²) in [6, 6.07) is 0. The highest BCUT2D eigenvalue weighted by Crippen LogP contribution is 1.98. The zero-order valence-electron chi connectivity index (χ0n) is 6.21. The summed E-state index contributed by atoms with van der Waals surface area (Å²) < 4.78 is 17.5. The van der Waals surface area contributed by atoms with Gasteiger partial charge in [0.25, 0.3) is 0 Å². The van der Waals surface area contributed by atoms with E-state index in [9.17, 15) is 0 Å². The first-order valence-corrected chi connectivity index (χ1v) is 4.95. The Labute approximate surface area is 70.3 Å². The topological polar surface area (TPSA) is 153 Å². The number of aliphatic imine (C=N–C) groups is 1. The van der Waals surface area contributed by atoms with Gasteiger partial charge < -0.3 is 25.3 Å². The number of nitrogens with zero attached hydrogens (tertiary/aromatic N) is 1. The monoisotopic (exact) mass is 222 g/mol. The van der Waals surface area contributed by atoms with Gasteiger partial charge in [-0.15, -0.1) is 0 Å². The molecule has 0 aliphatic carbocycles. The molecule has 8 nitrogen and oxygen atoms in total.